The second-order valence-electron chi connectivity index (χ2n) is 6.03. The average molecular weight is 427 g/mol. The third kappa shape index (κ3) is 3.26. The fourth-order valence-corrected chi connectivity index (χ4v) is 2.87. The molecular weight excluding hydrogens is 413 g/mol. The van der Waals surface area contributed by atoms with Gasteiger partial charge in [-0.05, 0) is 36.8 Å². The first-order chi connectivity index (χ1) is 12.1. The van der Waals surface area contributed by atoms with Gasteiger partial charge in [-0.2, -0.15) is 23.3 Å². The molecule has 1 heterocycles. The maximum Gasteiger partial charge on any atom is 0.438 e. The Bertz CT molecular complexity index is 864. The highest BCUT2D eigenvalue weighted by Gasteiger charge is 2.63. The summed E-state index contributed by atoms with van der Waals surface area (Å²) in [5.41, 5.74) is -2.14. The number of hydrogen-bond acceptors (Lipinski definition) is 3. The lowest BCUT2D eigenvalue weighted by molar-refractivity contribution is -0.297. The van der Waals surface area contributed by atoms with E-state index in [1.807, 2.05) is 0 Å². The van der Waals surface area contributed by atoms with Gasteiger partial charge in [0.2, 0.25) is 0 Å². The molecule has 4 nitrogen and oxygen atoms in total. The number of aryl methyl sites for hydroxylation is 1. The van der Waals surface area contributed by atoms with E-state index in [2.05, 4.69) is 21.0 Å². The van der Waals surface area contributed by atoms with Crippen LogP contribution in [0.25, 0.3) is 0 Å². The maximum atomic E-state index is 13.6. The van der Waals surface area contributed by atoms with Gasteiger partial charge in [-0.1, -0.05) is 45.8 Å². The quantitative estimate of drug-likeness (QED) is 0.779. The topological polar surface area (TPSA) is 52.9 Å². The number of rotatable bonds is 2. The van der Waals surface area contributed by atoms with E-state index >= 15 is 0 Å². The van der Waals surface area contributed by atoms with Gasteiger partial charge in [-0.3, -0.25) is 4.79 Å². The number of alkyl halides is 3. The largest absolute Gasteiger partial charge is 0.438 e. The molecule has 0 bridgehead atoms. The predicted molar refractivity (Wildman–Crippen MR) is 93.6 cm³/mol. The molecule has 26 heavy (non-hydrogen) atoms. The van der Waals surface area contributed by atoms with Gasteiger partial charge in [-0.15, -0.1) is 0 Å². The molecule has 0 aromatic heterocycles. The van der Waals surface area contributed by atoms with Gasteiger partial charge in [0.05, 0.1) is 12.1 Å². The lowest BCUT2D eigenvalue weighted by atomic mass is 10.0. The van der Waals surface area contributed by atoms with E-state index in [-0.39, 0.29) is 16.3 Å². The second kappa shape index (κ2) is 6.51. The van der Waals surface area contributed by atoms with E-state index < -0.39 is 24.2 Å². The molecule has 2 aromatic rings. The number of aliphatic hydroxyl groups is 1. The summed E-state index contributed by atoms with van der Waals surface area (Å²) in [6, 6.07) is 12.5. The van der Waals surface area contributed by atoms with Crippen molar-refractivity contribution in [1.82, 2.24) is 5.01 Å². The zero-order valence-electron chi connectivity index (χ0n) is 13.6. The summed E-state index contributed by atoms with van der Waals surface area (Å²) in [6.07, 6.45) is -5.90. The van der Waals surface area contributed by atoms with Crippen LogP contribution in [0.1, 0.15) is 27.9 Å². The Morgan fingerprint density at radius 1 is 1.15 bits per heavy atom. The summed E-state index contributed by atoms with van der Waals surface area (Å²) in [5, 5.41) is 14.3. The maximum absolute atomic E-state index is 13.6. The van der Waals surface area contributed by atoms with Gasteiger partial charge in [-0.25, -0.2) is 0 Å². The first-order valence-corrected chi connectivity index (χ1v) is 8.45. The van der Waals surface area contributed by atoms with Gasteiger partial charge in [0.15, 0.2) is 0 Å². The van der Waals surface area contributed by atoms with E-state index in [0.717, 1.165) is 10.0 Å². The van der Waals surface area contributed by atoms with Crippen LogP contribution in [-0.2, 0) is 0 Å². The van der Waals surface area contributed by atoms with Crippen LogP contribution in [0.4, 0.5) is 13.2 Å². The number of hydrazone groups is 1. The van der Waals surface area contributed by atoms with Crippen molar-refractivity contribution < 1.29 is 23.1 Å². The third-order valence-corrected chi connectivity index (χ3v) is 4.64. The molecule has 2 aromatic carbocycles. The highest BCUT2D eigenvalue weighted by Crippen LogP contribution is 2.42. The van der Waals surface area contributed by atoms with E-state index in [1.54, 1.807) is 43.3 Å². The van der Waals surface area contributed by atoms with Gasteiger partial charge in [0.1, 0.15) is 0 Å². The van der Waals surface area contributed by atoms with E-state index in [4.69, 9.17) is 0 Å². The van der Waals surface area contributed by atoms with E-state index in [0.29, 0.717) is 5.56 Å². The van der Waals surface area contributed by atoms with E-state index in [9.17, 15) is 23.1 Å². The molecule has 1 aliphatic heterocycles. The zero-order chi connectivity index (χ0) is 19.1. The van der Waals surface area contributed by atoms with Crippen molar-refractivity contribution in [2.45, 2.75) is 25.2 Å². The van der Waals surface area contributed by atoms with Crippen molar-refractivity contribution in [2.75, 3.05) is 0 Å². The van der Waals surface area contributed by atoms with Crippen molar-refractivity contribution in [3.8, 4) is 0 Å². The minimum absolute atomic E-state index is 0.0130. The standard InChI is InChI=1S/C18H14BrF3N2O2/c1-11-2-4-13(5-3-11)16(25)24-17(26,18(20,21)22)10-15(23-24)12-6-8-14(19)9-7-12/h2-9,26H,10H2,1H3/t17-/m0/s1. The molecule has 3 rings (SSSR count). The van der Waals surface area contributed by atoms with Crippen LogP contribution < -0.4 is 0 Å². The van der Waals surface area contributed by atoms with Gasteiger partial charge < -0.3 is 5.11 Å². The summed E-state index contributed by atoms with van der Waals surface area (Å²) >= 11 is 3.25. The van der Waals surface area contributed by atoms with Crippen LogP contribution in [0.15, 0.2) is 58.1 Å². The van der Waals surface area contributed by atoms with E-state index in [1.165, 1.54) is 12.1 Å². The molecule has 1 N–H and O–H groups in total. The average Bonchev–Trinajstić information content (AvgIpc) is 2.94. The molecule has 8 heteroatoms. The molecule has 0 aliphatic carbocycles. The second-order valence-corrected chi connectivity index (χ2v) is 6.94. The van der Waals surface area contributed by atoms with Crippen LogP contribution >= 0.6 is 15.9 Å². The van der Waals surface area contributed by atoms with Crippen LogP contribution in [0.3, 0.4) is 0 Å². The first kappa shape index (κ1) is 18.6. The zero-order valence-corrected chi connectivity index (χ0v) is 15.2. The molecule has 136 valence electrons. The summed E-state index contributed by atoms with van der Waals surface area (Å²) in [4.78, 5) is 12.6. The summed E-state index contributed by atoms with van der Waals surface area (Å²) in [7, 11) is 0. The van der Waals surface area contributed by atoms with Crippen molar-refractivity contribution in [1.29, 1.82) is 0 Å². The van der Waals surface area contributed by atoms with Gasteiger partial charge in [0, 0.05) is 10.0 Å². The molecule has 0 radical (unpaired) electrons. The van der Waals surface area contributed by atoms with Crippen molar-refractivity contribution >= 4 is 27.5 Å². The molecule has 1 amide bonds. The third-order valence-electron chi connectivity index (χ3n) is 4.11. The number of nitrogens with zero attached hydrogens (tertiary/aromatic N) is 2. The summed E-state index contributed by atoms with van der Waals surface area (Å²) < 4.78 is 41.4. The Kier molecular flexibility index (Phi) is 4.66. The van der Waals surface area contributed by atoms with Crippen LogP contribution in [-0.4, -0.2) is 33.6 Å². The van der Waals surface area contributed by atoms with Crippen molar-refractivity contribution in [2.24, 2.45) is 5.10 Å². The molecular formula is C18H14BrF3N2O2. The fourth-order valence-electron chi connectivity index (χ4n) is 2.60. The fraction of sp³-hybridized carbons (Fsp3) is 0.222. The summed E-state index contributed by atoms with van der Waals surface area (Å²) in [5.74, 6) is -1.02. The SMILES string of the molecule is Cc1ccc(C(=O)N2N=C(c3ccc(Br)cc3)C[C@]2(O)C(F)(F)F)cc1. The lowest BCUT2D eigenvalue weighted by Crippen LogP contribution is -2.56. The lowest BCUT2D eigenvalue weighted by Gasteiger charge is -2.32. The summed E-state index contributed by atoms with van der Waals surface area (Å²) in [6.45, 7) is 1.79. The highest BCUT2D eigenvalue weighted by molar-refractivity contribution is 9.10. The molecule has 0 spiro atoms. The normalized spacial score (nSPS) is 20.2. The molecule has 0 saturated carbocycles. The first-order valence-electron chi connectivity index (χ1n) is 7.65. The monoisotopic (exact) mass is 426 g/mol. The molecule has 0 unspecified atom stereocenters. The Morgan fingerprint density at radius 2 is 1.73 bits per heavy atom. The molecule has 1 aliphatic rings. The number of amides is 1. The van der Waals surface area contributed by atoms with Crippen LogP contribution in [0.2, 0.25) is 0 Å². The van der Waals surface area contributed by atoms with Crippen LogP contribution in [0, 0.1) is 6.92 Å². The van der Waals surface area contributed by atoms with Crippen LogP contribution in [0.5, 0.6) is 0 Å². The molecule has 0 saturated heterocycles. The number of hydrogen-bond donors (Lipinski definition) is 1. The minimum atomic E-state index is -5.06. The van der Waals surface area contributed by atoms with Crippen molar-refractivity contribution in [3.05, 3.63) is 69.7 Å². The van der Waals surface area contributed by atoms with Gasteiger partial charge in [0.25, 0.3) is 11.6 Å². The van der Waals surface area contributed by atoms with Crippen molar-refractivity contribution in [3.63, 3.8) is 0 Å². The van der Waals surface area contributed by atoms with Gasteiger partial charge >= 0.3 is 6.18 Å². The molecule has 0 fully saturated rings. The smallest absolute Gasteiger partial charge is 0.362 e. The molecule has 1 atom stereocenters. The number of benzene rings is 2. The Labute approximate surface area is 156 Å². The Balaban J connectivity index is 2.03. The predicted octanol–water partition coefficient (Wildman–Crippen LogP) is 4.26. The number of halogens is 4. The Hall–Kier alpha value is -2.19. The number of carbonyl (C=O) groups excluding carboxylic acids is 1. The number of carbonyl (C=O) groups is 1. The minimum Gasteiger partial charge on any atom is -0.362 e. The Morgan fingerprint density at radius 3 is 2.27 bits per heavy atom. The highest BCUT2D eigenvalue weighted by atomic mass is 79.9.